The molecule has 0 saturated carbocycles. The maximum absolute atomic E-state index is 10.3. The van der Waals surface area contributed by atoms with Crippen LogP contribution in [-0.2, 0) is 0 Å². The van der Waals surface area contributed by atoms with Crippen molar-refractivity contribution in [3.05, 3.63) is 0 Å². The molecule has 0 aromatic heterocycles. The highest BCUT2D eigenvalue weighted by Crippen LogP contribution is 2.23. The predicted molar refractivity (Wildman–Crippen MR) is 75.0 cm³/mol. The third-order valence-corrected chi connectivity index (χ3v) is 9.90. The van der Waals surface area contributed by atoms with E-state index < -0.39 is 16.3 Å². The molecule has 0 saturated heterocycles. The molecule has 0 fully saturated rings. The molecule has 0 amide bonds. The molecule has 1 atom stereocenters. The number of nitrogens with zero attached hydrogens (tertiary/aromatic N) is 1. The summed E-state index contributed by atoms with van der Waals surface area (Å²) in [7, 11) is -2.90. The van der Waals surface area contributed by atoms with Crippen molar-refractivity contribution in [2.24, 2.45) is 4.66 Å². The number of hydrogen-bond donors (Lipinski definition) is 1. The zero-order chi connectivity index (χ0) is 12.1. The maximum atomic E-state index is 10.3. The molecule has 1 N–H and O–H groups in total. The number of aliphatic hydroxyl groups is 1. The number of aliphatic hydroxyl groups excluding tert-OH is 1. The van der Waals surface area contributed by atoms with Crippen LogP contribution in [0.2, 0.25) is 37.8 Å². The van der Waals surface area contributed by atoms with Gasteiger partial charge in [0.25, 0.3) is 0 Å². The molecule has 90 valence electrons. The van der Waals surface area contributed by atoms with Crippen LogP contribution in [0.5, 0.6) is 0 Å². The van der Waals surface area contributed by atoms with Gasteiger partial charge in [0.05, 0.1) is 13.8 Å². The quantitative estimate of drug-likeness (QED) is 0.565. The molecule has 0 heterocycles. The van der Waals surface area contributed by atoms with Crippen LogP contribution in [-0.4, -0.2) is 33.4 Å². The summed E-state index contributed by atoms with van der Waals surface area (Å²) < 4.78 is 4.56. The lowest BCUT2D eigenvalue weighted by atomic mass is 10.8. The van der Waals surface area contributed by atoms with Crippen molar-refractivity contribution in [2.75, 3.05) is 0 Å². The molecule has 0 aliphatic carbocycles. The van der Waals surface area contributed by atoms with Crippen LogP contribution in [0.3, 0.4) is 0 Å². The lowest BCUT2D eigenvalue weighted by Gasteiger charge is -2.31. The van der Waals surface area contributed by atoms with E-state index in [0.29, 0.717) is 0 Å². The first-order chi connectivity index (χ1) is 6.81. The van der Waals surface area contributed by atoms with Crippen molar-refractivity contribution in [2.45, 2.75) is 64.3 Å². The van der Waals surface area contributed by atoms with Crippen molar-refractivity contribution in [3.63, 3.8) is 0 Å². The summed E-state index contributed by atoms with van der Waals surface area (Å²) in [5, 5.41) is 10.3. The van der Waals surface area contributed by atoms with E-state index in [2.05, 4.69) is 45.1 Å². The second-order valence-electron chi connectivity index (χ2n) is 5.32. The molecule has 0 bridgehead atoms. The van der Waals surface area contributed by atoms with Crippen molar-refractivity contribution >= 4 is 22.5 Å². The fourth-order valence-electron chi connectivity index (χ4n) is 1.83. The zero-order valence-corrected chi connectivity index (χ0v) is 13.2. The Labute approximate surface area is 96.9 Å². The van der Waals surface area contributed by atoms with Crippen LogP contribution in [0.1, 0.15) is 20.8 Å². The van der Waals surface area contributed by atoms with Gasteiger partial charge in [0.15, 0.2) is 8.24 Å². The van der Waals surface area contributed by atoms with Gasteiger partial charge in [0.1, 0.15) is 0 Å². The van der Waals surface area contributed by atoms with E-state index in [-0.39, 0.29) is 5.73 Å². The molecule has 0 aromatic rings. The molecule has 4 heteroatoms. The zero-order valence-electron chi connectivity index (χ0n) is 11.2. The molecule has 2 nitrogen and oxygen atoms in total. The molecular formula is C11H27NOSi2. The van der Waals surface area contributed by atoms with Gasteiger partial charge in [-0.05, 0) is 19.6 Å². The average Bonchev–Trinajstić information content (AvgIpc) is 2.17. The van der Waals surface area contributed by atoms with Crippen LogP contribution < -0.4 is 0 Å². The molecule has 0 radical (unpaired) electrons. The normalized spacial score (nSPS) is 15.9. The van der Waals surface area contributed by atoms with Gasteiger partial charge in [-0.1, -0.05) is 38.9 Å². The molecule has 0 aliphatic heterocycles. The van der Waals surface area contributed by atoms with Crippen molar-refractivity contribution in [1.82, 2.24) is 0 Å². The largest absolute Gasteiger partial charge is 0.391 e. The summed E-state index contributed by atoms with van der Waals surface area (Å²) >= 11 is 0. The molecule has 1 unspecified atom stereocenters. The summed E-state index contributed by atoms with van der Waals surface area (Å²) in [4.78, 5) is 0. The fraction of sp³-hybridized carbons (Fsp3) is 0.909. The van der Waals surface area contributed by atoms with Gasteiger partial charge >= 0.3 is 0 Å². The van der Waals surface area contributed by atoms with E-state index in [1.807, 2.05) is 6.21 Å². The lowest BCUT2D eigenvalue weighted by Crippen LogP contribution is -2.47. The smallest absolute Gasteiger partial charge is 0.171 e. The average molecular weight is 246 g/mol. The highest BCUT2D eigenvalue weighted by Gasteiger charge is 2.34. The summed E-state index contributed by atoms with van der Waals surface area (Å²) in [6.45, 7) is 13.2. The first-order valence-electron chi connectivity index (χ1n) is 6.04. The molecule has 0 rings (SSSR count). The lowest BCUT2D eigenvalue weighted by molar-refractivity contribution is 0.309. The molecule has 0 spiro atoms. The van der Waals surface area contributed by atoms with E-state index in [1.54, 1.807) is 0 Å². The second-order valence-corrected chi connectivity index (χ2v) is 15.4. The Balaban J connectivity index is 4.66. The number of rotatable bonds is 6. The topological polar surface area (TPSA) is 32.6 Å². The Morgan fingerprint density at radius 1 is 1.07 bits per heavy atom. The molecule has 0 aliphatic rings. The minimum Gasteiger partial charge on any atom is -0.391 e. The monoisotopic (exact) mass is 245 g/mol. The Hall–Kier alpha value is 0.0638. The Morgan fingerprint density at radius 3 is 1.73 bits per heavy atom. The molecule has 0 aromatic carbocycles. The van der Waals surface area contributed by atoms with Crippen LogP contribution in [0, 0.1) is 0 Å². The van der Waals surface area contributed by atoms with Crippen LogP contribution >= 0.6 is 0 Å². The van der Waals surface area contributed by atoms with Gasteiger partial charge in [0, 0.05) is 6.21 Å². The Kier molecular flexibility index (Phi) is 5.99. The van der Waals surface area contributed by atoms with Crippen LogP contribution in [0.15, 0.2) is 4.66 Å². The summed E-state index contributed by atoms with van der Waals surface area (Å²) in [5.74, 6) is 0. The first-order valence-corrected chi connectivity index (χ1v) is 12.2. The predicted octanol–water partition coefficient (Wildman–Crippen LogP) is 3.30. The van der Waals surface area contributed by atoms with E-state index in [9.17, 15) is 5.11 Å². The third kappa shape index (κ3) is 4.61. The van der Waals surface area contributed by atoms with Crippen molar-refractivity contribution in [1.29, 1.82) is 0 Å². The van der Waals surface area contributed by atoms with E-state index in [0.717, 1.165) is 18.1 Å². The van der Waals surface area contributed by atoms with E-state index in [1.165, 1.54) is 0 Å². The Bertz CT molecular complexity index is 199. The van der Waals surface area contributed by atoms with Crippen molar-refractivity contribution < 1.29 is 5.11 Å². The number of hydrogen-bond acceptors (Lipinski definition) is 2. The summed E-state index contributed by atoms with van der Waals surface area (Å²) in [6, 6.07) is 3.46. The highest BCUT2D eigenvalue weighted by molar-refractivity contribution is 6.83. The van der Waals surface area contributed by atoms with Crippen molar-refractivity contribution in [3.8, 4) is 0 Å². The highest BCUT2D eigenvalue weighted by atomic mass is 28.3. The maximum Gasteiger partial charge on any atom is 0.171 e. The standard InChI is InChI=1S/C11H27NOSi2/c1-7-15(8-2,9-3)11(13)10-12-14(4,5)6/h10-11,13H,7-9H2,1-6H3. The summed E-state index contributed by atoms with van der Waals surface area (Å²) in [5.41, 5.74) is -0.246. The second kappa shape index (κ2) is 5.96. The van der Waals surface area contributed by atoms with E-state index >= 15 is 0 Å². The van der Waals surface area contributed by atoms with Gasteiger partial charge in [-0.15, -0.1) is 0 Å². The molecular weight excluding hydrogens is 218 g/mol. The van der Waals surface area contributed by atoms with Gasteiger partial charge in [-0.25, -0.2) is 0 Å². The summed E-state index contributed by atoms with van der Waals surface area (Å²) in [6.07, 6.45) is 1.86. The van der Waals surface area contributed by atoms with Crippen LogP contribution in [0.4, 0.5) is 0 Å². The van der Waals surface area contributed by atoms with Gasteiger partial charge in [-0.2, -0.15) is 0 Å². The van der Waals surface area contributed by atoms with E-state index in [4.69, 9.17) is 0 Å². The minimum atomic E-state index is -1.49. The van der Waals surface area contributed by atoms with Gasteiger partial charge < -0.3 is 9.76 Å². The third-order valence-electron chi connectivity index (χ3n) is 3.34. The van der Waals surface area contributed by atoms with Gasteiger partial charge in [-0.3, -0.25) is 0 Å². The molecule has 15 heavy (non-hydrogen) atoms. The fourth-order valence-corrected chi connectivity index (χ4v) is 5.71. The first kappa shape index (κ1) is 15.1. The SMILES string of the molecule is CC[Si](CC)(CC)C(O)C=N[Si](C)(C)C. The van der Waals surface area contributed by atoms with Crippen LogP contribution in [0.25, 0.3) is 0 Å². The minimum absolute atomic E-state index is 0.246. The Morgan fingerprint density at radius 2 is 1.47 bits per heavy atom. The van der Waals surface area contributed by atoms with Gasteiger partial charge in [0.2, 0.25) is 0 Å².